The number of hydrogen-bond acceptors (Lipinski definition) is 0. The highest BCUT2D eigenvalue weighted by atomic mass is 14.2. The van der Waals surface area contributed by atoms with E-state index < -0.39 is 0 Å². The van der Waals surface area contributed by atoms with E-state index in [-0.39, 0.29) is 0 Å². The number of fused-ring (bicyclic) bond motifs is 1. The highest BCUT2D eigenvalue weighted by Crippen LogP contribution is 2.34. The Morgan fingerprint density at radius 2 is 1.42 bits per heavy atom. The van der Waals surface area contributed by atoms with Gasteiger partial charge in [-0.3, -0.25) is 0 Å². The van der Waals surface area contributed by atoms with Gasteiger partial charge in [0.2, 0.25) is 0 Å². The summed E-state index contributed by atoms with van der Waals surface area (Å²) in [5.74, 6) is 0. The molecule has 0 unspecified atom stereocenters. The van der Waals surface area contributed by atoms with Crippen molar-refractivity contribution in [3.63, 3.8) is 0 Å². The summed E-state index contributed by atoms with van der Waals surface area (Å²) in [5, 5.41) is 0. The lowest BCUT2D eigenvalue weighted by atomic mass is 9.86. The standard InChI is InChI=1S/C24H22/c1-17-7-3-6-10-23(17)24-16-22(12-11-18(24)2)21-14-13-19-8-4-5-9-20(19)15-21/h3-12,15-16H,13-14H2,1-2H3. The van der Waals surface area contributed by atoms with Crippen molar-refractivity contribution in [2.24, 2.45) is 0 Å². The molecule has 1 aliphatic carbocycles. The monoisotopic (exact) mass is 310 g/mol. The van der Waals surface area contributed by atoms with Crippen molar-refractivity contribution >= 4 is 11.6 Å². The van der Waals surface area contributed by atoms with E-state index >= 15 is 0 Å². The molecule has 1 aliphatic rings. The SMILES string of the molecule is Cc1ccccc1-c1cc(C2=Cc3ccccc3CC2)ccc1C. The largest absolute Gasteiger partial charge is 0.0620 e. The van der Waals surface area contributed by atoms with Gasteiger partial charge in [-0.15, -0.1) is 0 Å². The first-order valence-corrected chi connectivity index (χ1v) is 8.68. The fraction of sp³-hybridized carbons (Fsp3) is 0.167. The lowest BCUT2D eigenvalue weighted by molar-refractivity contribution is 1.00. The first-order chi connectivity index (χ1) is 11.7. The summed E-state index contributed by atoms with van der Waals surface area (Å²) in [6.45, 7) is 4.40. The second-order valence-electron chi connectivity index (χ2n) is 6.71. The lowest BCUT2D eigenvalue weighted by Gasteiger charge is -2.18. The Kier molecular flexibility index (Phi) is 3.82. The molecule has 4 rings (SSSR count). The van der Waals surface area contributed by atoms with Gasteiger partial charge in [-0.05, 0) is 77.3 Å². The van der Waals surface area contributed by atoms with Gasteiger partial charge in [0.15, 0.2) is 0 Å². The summed E-state index contributed by atoms with van der Waals surface area (Å²) in [4.78, 5) is 0. The van der Waals surface area contributed by atoms with E-state index in [9.17, 15) is 0 Å². The van der Waals surface area contributed by atoms with Crippen LogP contribution >= 0.6 is 0 Å². The van der Waals surface area contributed by atoms with Crippen LogP contribution in [0, 0.1) is 13.8 Å². The van der Waals surface area contributed by atoms with Crippen molar-refractivity contribution in [2.45, 2.75) is 26.7 Å². The van der Waals surface area contributed by atoms with Gasteiger partial charge in [0.1, 0.15) is 0 Å². The Bertz CT molecular complexity index is 928. The van der Waals surface area contributed by atoms with Crippen LogP contribution in [-0.2, 0) is 6.42 Å². The average molecular weight is 310 g/mol. The van der Waals surface area contributed by atoms with Crippen LogP contribution in [0.1, 0.15) is 34.2 Å². The topological polar surface area (TPSA) is 0 Å². The molecular formula is C24H22. The number of benzene rings is 3. The fourth-order valence-corrected chi connectivity index (χ4v) is 3.65. The van der Waals surface area contributed by atoms with Crippen LogP contribution in [0.25, 0.3) is 22.8 Å². The van der Waals surface area contributed by atoms with E-state index in [1.54, 1.807) is 0 Å². The predicted molar refractivity (Wildman–Crippen MR) is 104 cm³/mol. The quantitative estimate of drug-likeness (QED) is 0.509. The Labute approximate surface area is 144 Å². The van der Waals surface area contributed by atoms with Gasteiger partial charge < -0.3 is 0 Å². The molecule has 3 aromatic carbocycles. The zero-order valence-electron chi connectivity index (χ0n) is 14.3. The summed E-state index contributed by atoms with van der Waals surface area (Å²) < 4.78 is 0. The second kappa shape index (κ2) is 6.13. The van der Waals surface area contributed by atoms with Crippen LogP contribution in [0.3, 0.4) is 0 Å². The second-order valence-corrected chi connectivity index (χ2v) is 6.71. The molecule has 0 heteroatoms. The van der Waals surface area contributed by atoms with Crippen LogP contribution in [0.5, 0.6) is 0 Å². The summed E-state index contributed by atoms with van der Waals surface area (Å²) in [7, 11) is 0. The van der Waals surface area contributed by atoms with Gasteiger partial charge in [-0.1, -0.05) is 66.7 Å². The number of allylic oxidation sites excluding steroid dienone is 1. The Balaban J connectivity index is 1.80. The van der Waals surface area contributed by atoms with E-state index in [1.807, 2.05) is 0 Å². The molecule has 24 heavy (non-hydrogen) atoms. The van der Waals surface area contributed by atoms with Gasteiger partial charge in [0.25, 0.3) is 0 Å². The highest BCUT2D eigenvalue weighted by Gasteiger charge is 2.13. The van der Waals surface area contributed by atoms with E-state index in [4.69, 9.17) is 0 Å². The van der Waals surface area contributed by atoms with Crippen molar-refractivity contribution in [3.8, 4) is 11.1 Å². The van der Waals surface area contributed by atoms with Gasteiger partial charge in [-0.25, -0.2) is 0 Å². The summed E-state index contributed by atoms with van der Waals surface area (Å²) in [6.07, 6.45) is 4.62. The highest BCUT2D eigenvalue weighted by molar-refractivity contribution is 5.86. The smallest absolute Gasteiger partial charge is 0.0146 e. The summed E-state index contributed by atoms with van der Waals surface area (Å²) in [5.41, 5.74) is 11.0. The zero-order chi connectivity index (χ0) is 16.5. The molecule has 0 spiro atoms. The molecule has 0 amide bonds. The minimum Gasteiger partial charge on any atom is -0.0620 e. The van der Waals surface area contributed by atoms with E-state index in [2.05, 4.69) is 86.7 Å². The molecule has 0 radical (unpaired) electrons. The van der Waals surface area contributed by atoms with Gasteiger partial charge in [0.05, 0.1) is 0 Å². The first kappa shape index (κ1) is 15.0. The Morgan fingerprint density at radius 1 is 0.667 bits per heavy atom. The van der Waals surface area contributed by atoms with Gasteiger partial charge >= 0.3 is 0 Å². The molecule has 0 fully saturated rings. The molecule has 0 N–H and O–H groups in total. The summed E-state index contributed by atoms with van der Waals surface area (Å²) in [6, 6.07) is 24.3. The number of hydrogen-bond donors (Lipinski definition) is 0. The number of aryl methyl sites for hydroxylation is 3. The molecule has 0 aromatic heterocycles. The van der Waals surface area contributed by atoms with Gasteiger partial charge in [-0.2, -0.15) is 0 Å². The van der Waals surface area contributed by atoms with Crippen molar-refractivity contribution < 1.29 is 0 Å². The van der Waals surface area contributed by atoms with E-state index in [0.717, 1.165) is 12.8 Å². The van der Waals surface area contributed by atoms with E-state index in [1.165, 1.54) is 44.5 Å². The fourth-order valence-electron chi connectivity index (χ4n) is 3.65. The molecule has 0 nitrogen and oxygen atoms in total. The lowest BCUT2D eigenvalue weighted by Crippen LogP contribution is -1.99. The van der Waals surface area contributed by atoms with Gasteiger partial charge in [0, 0.05) is 0 Å². The molecule has 0 bridgehead atoms. The Morgan fingerprint density at radius 3 is 2.29 bits per heavy atom. The average Bonchev–Trinajstić information content (AvgIpc) is 2.62. The maximum absolute atomic E-state index is 2.37. The van der Waals surface area contributed by atoms with Crippen LogP contribution in [0.2, 0.25) is 0 Å². The molecule has 3 aromatic rings. The normalized spacial score (nSPS) is 13.3. The Hall–Kier alpha value is -2.60. The van der Waals surface area contributed by atoms with E-state index in [0.29, 0.717) is 0 Å². The van der Waals surface area contributed by atoms with Crippen molar-refractivity contribution in [2.75, 3.05) is 0 Å². The van der Waals surface area contributed by atoms with Crippen molar-refractivity contribution in [3.05, 3.63) is 94.5 Å². The van der Waals surface area contributed by atoms with Crippen molar-refractivity contribution in [1.82, 2.24) is 0 Å². The molecule has 118 valence electrons. The first-order valence-electron chi connectivity index (χ1n) is 8.68. The predicted octanol–water partition coefficient (Wildman–Crippen LogP) is 6.46. The third-order valence-electron chi connectivity index (χ3n) is 5.09. The third kappa shape index (κ3) is 2.69. The minimum atomic E-state index is 1.12. The van der Waals surface area contributed by atoms with Crippen LogP contribution in [0.15, 0.2) is 66.7 Å². The molecule has 0 aliphatic heterocycles. The zero-order valence-corrected chi connectivity index (χ0v) is 14.3. The van der Waals surface area contributed by atoms with Crippen LogP contribution in [-0.4, -0.2) is 0 Å². The van der Waals surface area contributed by atoms with Crippen LogP contribution in [0.4, 0.5) is 0 Å². The van der Waals surface area contributed by atoms with Crippen molar-refractivity contribution in [1.29, 1.82) is 0 Å². The molecule has 0 atom stereocenters. The molecule has 0 heterocycles. The molecule has 0 saturated heterocycles. The molecule has 0 saturated carbocycles. The maximum atomic E-state index is 2.37. The number of rotatable bonds is 2. The summed E-state index contributed by atoms with van der Waals surface area (Å²) >= 11 is 0. The van der Waals surface area contributed by atoms with Crippen LogP contribution < -0.4 is 0 Å². The maximum Gasteiger partial charge on any atom is -0.0146 e. The molecular weight excluding hydrogens is 288 g/mol. The minimum absolute atomic E-state index is 1.12. The third-order valence-corrected chi connectivity index (χ3v) is 5.09.